The van der Waals surface area contributed by atoms with Crippen molar-refractivity contribution in [2.24, 2.45) is 0 Å². The first-order chi connectivity index (χ1) is 10.0. The van der Waals surface area contributed by atoms with Gasteiger partial charge in [0, 0.05) is 5.39 Å². The molecular formula is C17H15NO2S. The van der Waals surface area contributed by atoms with Gasteiger partial charge in [0.1, 0.15) is 5.75 Å². The summed E-state index contributed by atoms with van der Waals surface area (Å²) >= 11 is 1.39. The molecule has 1 heterocycles. The molecule has 0 radical (unpaired) electrons. The van der Waals surface area contributed by atoms with Crippen molar-refractivity contribution >= 4 is 33.7 Å². The van der Waals surface area contributed by atoms with Gasteiger partial charge in [0.2, 0.25) is 0 Å². The van der Waals surface area contributed by atoms with Crippen LogP contribution < -0.4 is 5.32 Å². The molecule has 0 atom stereocenters. The first-order valence-electron chi connectivity index (χ1n) is 6.63. The highest BCUT2D eigenvalue weighted by atomic mass is 32.1. The highest BCUT2D eigenvalue weighted by Gasteiger charge is 2.12. The van der Waals surface area contributed by atoms with Gasteiger partial charge in [-0.15, -0.1) is 11.3 Å². The topological polar surface area (TPSA) is 49.3 Å². The quantitative estimate of drug-likeness (QED) is 0.733. The zero-order valence-corrected chi connectivity index (χ0v) is 12.6. The fourth-order valence-electron chi connectivity index (χ4n) is 2.48. The molecule has 106 valence electrons. The number of hydrogen-bond donors (Lipinski definition) is 2. The van der Waals surface area contributed by atoms with Crippen LogP contribution >= 0.6 is 11.3 Å². The number of thiophene rings is 1. The smallest absolute Gasteiger partial charge is 0.265 e. The van der Waals surface area contributed by atoms with Gasteiger partial charge < -0.3 is 10.4 Å². The van der Waals surface area contributed by atoms with Crippen molar-refractivity contribution < 1.29 is 9.90 Å². The van der Waals surface area contributed by atoms with E-state index in [4.69, 9.17) is 0 Å². The molecule has 0 unspecified atom stereocenters. The summed E-state index contributed by atoms with van der Waals surface area (Å²) in [5, 5.41) is 16.6. The molecule has 3 rings (SSSR count). The van der Waals surface area contributed by atoms with Gasteiger partial charge in [-0.05, 0) is 53.9 Å². The van der Waals surface area contributed by atoms with Crippen molar-refractivity contribution in [2.75, 3.05) is 5.32 Å². The molecule has 4 heteroatoms. The van der Waals surface area contributed by atoms with Crippen molar-refractivity contribution in [3.05, 3.63) is 57.8 Å². The molecule has 3 nitrogen and oxygen atoms in total. The number of carbonyl (C=O) groups is 1. The van der Waals surface area contributed by atoms with Gasteiger partial charge in [0.25, 0.3) is 5.91 Å². The molecule has 21 heavy (non-hydrogen) atoms. The van der Waals surface area contributed by atoms with Gasteiger partial charge in [-0.25, -0.2) is 0 Å². The van der Waals surface area contributed by atoms with Crippen LogP contribution in [0.3, 0.4) is 0 Å². The second-order valence-corrected chi connectivity index (χ2v) is 6.07. The Morgan fingerprint density at radius 2 is 1.86 bits per heavy atom. The third-order valence-electron chi connectivity index (χ3n) is 3.31. The predicted molar refractivity (Wildman–Crippen MR) is 87.4 cm³/mol. The molecule has 0 aliphatic rings. The Hall–Kier alpha value is -2.33. The SMILES string of the molecule is Cc1cc(O)c2c(NC(=O)c3cccs3)cc(C)cc2c1. The standard InChI is InChI=1S/C17H15NO2S/c1-10-6-12-7-11(2)9-14(19)16(12)13(8-10)18-17(20)15-4-3-5-21-15/h3-9,19H,1-2H3,(H,18,20). The molecule has 1 aromatic heterocycles. The molecule has 2 aromatic carbocycles. The lowest BCUT2D eigenvalue weighted by Crippen LogP contribution is -2.10. The van der Waals surface area contributed by atoms with Crippen LogP contribution in [0.5, 0.6) is 5.75 Å². The molecule has 0 spiro atoms. The molecule has 0 aliphatic heterocycles. The van der Waals surface area contributed by atoms with Crippen LogP contribution in [0.2, 0.25) is 0 Å². The summed E-state index contributed by atoms with van der Waals surface area (Å²) in [7, 11) is 0. The summed E-state index contributed by atoms with van der Waals surface area (Å²) in [6.45, 7) is 3.91. The van der Waals surface area contributed by atoms with Crippen molar-refractivity contribution in [1.29, 1.82) is 0 Å². The second kappa shape index (κ2) is 5.22. The van der Waals surface area contributed by atoms with E-state index < -0.39 is 0 Å². The third-order valence-corrected chi connectivity index (χ3v) is 4.18. The number of anilines is 1. The number of fused-ring (bicyclic) bond motifs is 1. The highest BCUT2D eigenvalue weighted by molar-refractivity contribution is 7.12. The average molecular weight is 297 g/mol. The number of hydrogen-bond acceptors (Lipinski definition) is 3. The Labute approximate surface area is 126 Å². The molecule has 0 saturated carbocycles. The van der Waals surface area contributed by atoms with Crippen molar-refractivity contribution in [2.45, 2.75) is 13.8 Å². The van der Waals surface area contributed by atoms with Gasteiger partial charge in [0.15, 0.2) is 0 Å². The van der Waals surface area contributed by atoms with Gasteiger partial charge in [-0.2, -0.15) is 0 Å². The number of amides is 1. The largest absolute Gasteiger partial charge is 0.507 e. The van der Waals surface area contributed by atoms with E-state index in [-0.39, 0.29) is 11.7 Å². The zero-order chi connectivity index (χ0) is 15.0. The number of aromatic hydroxyl groups is 1. The predicted octanol–water partition coefficient (Wildman–Crippen LogP) is 4.48. The number of nitrogens with one attached hydrogen (secondary N) is 1. The van der Waals surface area contributed by atoms with Crippen molar-refractivity contribution in [1.82, 2.24) is 0 Å². The Balaban J connectivity index is 2.11. The number of aryl methyl sites for hydroxylation is 2. The van der Waals surface area contributed by atoms with Gasteiger partial charge in [0.05, 0.1) is 10.6 Å². The summed E-state index contributed by atoms with van der Waals surface area (Å²) in [6, 6.07) is 11.2. The average Bonchev–Trinajstić information content (AvgIpc) is 2.90. The maximum atomic E-state index is 12.2. The van der Waals surface area contributed by atoms with Gasteiger partial charge >= 0.3 is 0 Å². The lowest BCUT2D eigenvalue weighted by molar-refractivity contribution is 0.103. The lowest BCUT2D eigenvalue weighted by Gasteiger charge is -2.12. The Bertz CT molecular complexity index is 817. The summed E-state index contributed by atoms with van der Waals surface area (Å²) in [5.41, 5.74) is 2.66. The summed E-state index contributed by atoms with van der Waals surface area (Å²) < 4.78 is 0. The van der Waals surface area contributed by atoms with E-state index >= 15 is 0 Å². The number of phenols is 1. The highest BCUT2D eigenvalue weighted by Crippen LogP contribution is 2.34. The molecule has 0 bridgehead atoms. The van der Waals surface area contributed by atoms with Crippen molar-refractivity contribution in [3.8, 4) is 5.75 Å². The van der Waals surface area contributed by atoms with E-state index in [2.05, 4.69) is 5.32 Å². The van der Waals surface area contributed by atoms with Crippen LogP contribution in [0.15, 0.2) is 41.8 Å². The Morgan fingerprint density at radius 3 is 2.52 bits per heavy atom. The molecule has 0 saturated heterocycles. The third kappa shape index (κ3) is 2.62. The molecule has 3 aromatic rings. The normalized spacial score (nSPS) is 10.8. The number of phenolic OH excluding ortho intramolecular Hbond substituents is 1. The number of benzene rings is 2. The number of rotatable bonds is 2. The van der Waals surface area contributed by atoms with Crippen LogP contribution in [-0.4, -0.2) is 11.0 Å². The molecule has 0 aliphatic carbocycles. The minimum Gasteiger partial charge on any atom is -0.507 e. The maximum Gasteiger partial charge on any atom is 0.265 e. The lowest BCUT2D eigenvalue weighted by atomic mass is 10.0. The zero-order valence-electron chi connectivity index (χ0n) is 11.8. The maximum absolute atomic E-state index is 12.2. The fourth-order valence-corrected chi connectivity index (χ4v) is 3.10. The molecule has 1 amide bonds. The van der Waals surface area contributed by atoms with E-state index in [1.54, 1.807) is 12.1 Å². The van der Waals surface area contributed by atoms with Crippen LogP contribution in [0.1, 0.15) is 20.8 Å². The van der Waals surface area contributed by atoms with Gasteiger partial charge in [-0.3, -0.25) is 4.79 Å². The second-order valence-electron chi connectivity index (χ2n) is 5.13. The summed E-state index contributed by atoms with van der Waals surface area (Å²) in [6.07, 6.45) is 0. The fraction of sp³-hybridized carbons (Fsp3) is 0.118. The monoisotopic (exact) mass is 297 g/mol. The molecular weight excluding hydrogens is 282 g/mol. The van der Waals surface area contributed by atoms with Crippen molar-refractivity contribution in [3.63, 3.8) is 0 Å². The van der Waals surface area contributed by atoms with E-state index in [1.165, 1.54) is 11.3 Å². The minimum absolute atomic E-state index is 0.156. The van der Waals surface area contributed by atoms with E-state index in [0.29, 0.717) is 16.0 Å². The molecule has 2 N–H and O–H groups in total. The van der Waals surface area contributed by atoms with E-state index in [1.807, 2.05) is 43.5 Å². The molecule has 0 fully saturated rings. The number of carbonyl (C=O) groups excluding carboxylic acids is 1. The first kappa shape index (κ1) is 13.6. The van der Waals surface area contributed by atoms with Crippen LogP contribution in [0, 0.1) is 13.8 Å². The minimum atomic E-state index is -0.156. The first-order valence-corrected chi connectivity index (χ1v) is 7.51. The summed E-state index contributed by atoms with van der Waals surface area (Å²) in [5.74, 6) is 0.0309. The Morgan fingerprint density at radius 1 is 1.14 bits per heavy atom. The van der Waals surface area contributed by atoms with E-state index in [0.717, 1.165) is 16.5 Å². The van der Waals surface area contributed by atoms with Crippen LogP contribution in [0.25, 0.3) is 10.8 Å². The van der Waals surface area contributed by atoms with Crippen LogP contribution in [-0.2, 0) is 0 Å². The van der Waals surface area contributed by atoms with Crippen LogP contribution in [0.4, 0.5) is 5.69 Å². The Kier molecular flexibility index (Phi) is 3.39. The van der Waals surface area contributed by atoms with E-state index in [9.17, 15) is 9.90 Å². The van der Waals surface area contributed by atoms with Gasteiger partial charge in [-0.1, -0.05) is 18.2 Å². The summed E-state index contributed by atoms with van der Waals surface area (Å²) in [4.78, 5) is 12.9.